The number of nitrogens with one attached hydrogen (secondary N) is 1. The van der Waals surface area contributed by atoms with Gasteiger partial charge in [0.25, 0.3) is 0 Å². The van der Waals surface area contributed by atoms with E-state index in [0.717, 1.165) is 19.5 Å². The fourth-order valence-electron chi connectivity index (χ4n) is 3.68. The molecule has 0 bridgehead atoms. The van der Waals surface area contributed by atoms with Gasteiger partial charge in [-0.05, 0) is 76.9 Å². The Kier molecular flexibility index (Phi) is 4.06. The van der Waals surface area contributed by atoms with Crippen LogP contribution in [0.5, 0.6) is 0 Å². The van der Waals surface area contributed by atoms with E-state index in [2.05, 4.69) is 68.6 Å². The molecule has 2 heterocycles. The maximum absolute atomic E-state index is 3.38. The van der Waals surface area contributed by atoms with Crippen LogP contribution in [-0.4, -0.2) is 28.1 Å². The molecule has 0 radical (unpaired) electrons. The Morgan fingerprint density at radius 3 is 2.35 bits per heavy atom. The zero-order chi connectivity index (χ0) is 16.9. The van der Waals surface area contributed by atoms with Crippen molar-refractivity contribution in [1.82, 2.24) is 14.8 Å². The van der Waals surface area contributed by atoms with Crippen molar-refractivity contribution in [3.05, 3.63) is 34.5 Å². The second-order valence-corrected chi connectivity index (χ2v) is 8.18. The van der Waals surface area contributed by atoms with Crippen LogP contribution in [0, 0.1) is 6.92 Å². The van der Waals surface area contributed by atoms with Crippen molar-refractivity contribution >= 4 is 10.9 Å². The molecule has 0 aliphatic carbocycles. The standard InChI is InChI=1S/C20H31N3/c1-13(21-6)8-17-14(2)22(7)19-10-16-12-23(20(3,4)5)11-15(16)9-18(17)19/h9-10,13,21H,8,11-12H2,1-7H3. The molecule has 1 N–H and O–H groups in total. The molecule has 23 heavy (non-hydrogen) atoms. The third kappa shape index (κ3) is 2.81. The molecule has 3 rings (SSSR count). The summed E-state index contributed by atoms with van der Waals surface area (Å²) in [5.41, 5.74) is 7.53. The van der Waals surface area contributed by atoms with Crippen molar-refractivity contribution in [2.75, 3.05) is 7.05 Å². The predicted molar refractivity (Wildman–Crippen MR) is 98.9 cm³/mol. The van der Waals surface area contributed by atoms with Gasteiger partial charge in [-0.25, -0.2) is 0 Å². The first-order chi connectivity index (χ1) is 10.7. The highest BCUT2D eigenvalue weighted by Gasteiger charge is 2.29. The van der Waals surface area contributed by atoms with E-state index in [0.29, 0.717) is 6.04 Å². The molecule has 1 unspecified atom stereocenters. The Balaban J connectivity index is 2.07. The summed E-state index contributed by atoms with van der Waals surface area (Å²) in [4.78, 5) is 2.57. The van der Waals surface area contributed by atoms with Crippen molar-refractivity contribution in [3.63, 3.8) is 0 Å². The van der Waals surface area contributed by atoms with Gasteiger partial charge in [0, 0.05) is 48.3 Å². The topological polar surface area (TPSA) is 20.2 Å². The summed E-state index contributed by atoms with van der Waals surface area (Å²) >= 11 is 0. The summed E-state index contributed by atoms with van der Waals surface area (Å²) in [6.07, 6.45) is 1.08. The molecule has 3 heteroatoms. The number of rotatable bonds is 3. The van der Waals surface area contributed by atoms with Crippen LogP contribution in [0.3, 0.4) is 0 Å². The molecule has 0 saturated carbocycles. The van der Waals surface area contributed by atoms with Crippen molar-refractivity contribution in [3.8, 4) is 0 Å². The average Bonchev–Trinajstić information content (AvgIpc) is 3.00. The SMILES string of the molecule is CNC(C)Cc1c(C)n(C)c2cc3c(cc12)CN(C(C)(C)C)C3. The summed E-state index contributed by atoms with van der Waals surface area (Å²) in [5, 5.41) is 4.82. The smallest absolute Gasteiger partial charge is 0.0486 e. The minimum atomic E-state index is 0.227. The van der Waals surface area contributed by atoms with Gasteiger partial charge in [0.2, 0.25) is 0 Å². The Morgan fingerprint density at radius 1 is 1.17 bits per heavy atom. The normalized spacial score (nSPS) is 17.0. The second-order valence-electron chi connectivity index (χ2n) is 8.18. The fourth-order valence-corrected chi connectivity index (χ4v) is 3.68. The van der Waals surface area contributed by atoms with E-state index in [1.165, 1.54) is 33.3 Å². The van der Waals surface area contributed by atoms with Crippen LogP contribution in [0.15, 0.2) is 12.1 Å². The summed E-state index contributed by atoms with van der Waals surface area (Å²) in [5.74, 6) is 0. The number of aryl methyl sites for hydroxylation is 1. The zero-order valence-corrected chi connectivity index (χ0v) is 15.7. The number of benzene rings is 1. The minimum absolute atomic E-state index is 0.227. The molecule has 1 atom stereocenters. The van der Waals surface area contributed by atoms with Crippen molar-refractivity contribution in [2.45, 2.75) is 65.7 Å². The van der Waals surface area contributed by atoms with E-state index >= 15 is 0 Å². The van der Waals surface area contributed by atoms with E-state index in [4.69, 9.17) is 0 Å². The molecule has 0 amide bonds. The summed E-state index contributed by atoms with van der Waals surface area (Å²) < 4.78 is 2.37. The number of hydrogen-bond acceptors (Lipinski definition) is 2. The number of likely N-dealkylation sites (N-methyl/N-ethyl adjacent to an activating group) is 1. The maximum atomic E-state index is 3.38. The molecule has 1 aromatic heterocycles. The minimum Gasteiger partial charge on any atom is -0.348 e. The molecule has 2 aromatic rings. The third-order valence-electron chi connectivity index (χ3n) is 5.62. The van der Waals surface area contributed by atoms with Gasteiger partial charge in [0.1, 0.15) is 0 Å². The first-order valence-corrected chi connectivity index (χ1v) is 8.74. The first-order valence-electron chi connectivity index (χ1n) is 8.74. The molecule has 1 aromatic carbocycles. The number of aromatic nitrogens is 1. The summed E-state index contributed by atoms with van der Waals surface area (Å²) in [7, 11) is 4.25. The van der Waals surface area contributed by atoms with Crippen LogP contribution >= 0.6 is 0 Å². The molecule has 0 saturated heterocycles. The van der Waals surface area contributed by atoms with Crippen molar-refractivity contribution < 1.29 is 0 Å². The Hall–Kier alpha value is -1.32. The second kappa shape index (κ2) is 5.64. The van der Waals surface area contributed by atoms with Crippen LogP contribution in [0.25, 0.3) is 10.9 Å². The zero-order valence-electron chi connectivity index (χ0n) is 15.7. The Morgan fingerprint density at radius 2 is 1.78 bits per heavy atom. The molecule has 3 nitrogen and oxygen atoms in total. The number of nitrogens with zero attached hydrogens (tertiary/aromatic N) is 2. The average molecular weight is 313 g/mol. The number of fused-ring (bicyclic) bond motifs is 2. The fraction of sp³-hybridized carbons (Fsp3) is 0.600. The lowest BCUT2D eigenvalue weighted by Gasteiger charge is -2.31. The number of hydrogen-bond donors (Lipinski definition) is 1. The molecular formula is C20H31N3. The summed E-state index contributed by atoms with van der Waals surface area (Å²) in [6, 6.07) is 5.39. The Bertz CT molecular complexity index is 734. The van der Waals surface area contributed by atoms with Crippen LogP contribution in [-0.2, 0) is 26.6 Å². The van der Waals surface area contributed by atoms with Gasteiger partial charge in [0.05, 0.1) is 0 Å². The van der Waals surface area contributed by atoms with Crippen LogP contribution < -0.4 is 5.32 Å². The van der Waals surface area contributed by atoms with Gasteiger partial charge in [-0.2, -0.15) is 0 Å². The monoisotopic (exact) mass is 313 g/mol. The largest absolute Gasteiger partial charge is 0.348 e. The first kappa shape index (κ1) is 16.5. The Labute approximate surface area is 140 Å². The lowest BCUT2D eigenvalue weighted by molar-refractivity contribution is 0.136. The highest BCUT2D eigenvalue weighted by atomic mass is 15.2. The molecule has 126 valence electrons. The van der Waals surface area contributed by atoms with Gasteiger partial charge in [0.15, 0.2) is 0 Å². The van der Waals surface area contributed by atoms with Gasteiger partial charge >= 0.3 is 0 Å². The van der Waals surface area contributed by atoms with E-state index in [1.807, 2.05) is 7.05 Å². The van der Waals surface area contributed by atoms with E-state index < -0.39 is 0 Å². The van der Waals surface area contributed by atoms with Crippen LogP contribution in [0.2, 0.25) is 0 Å². The van der Waals surface area contributed by atoms with Crippen LogP contribution in [0.1, 0.15) is 50.1 Å². The molecule has 1 aliphatic rings. The van der Waals surface area contributed by atoms with Crippen molar-refractivity contribution in [2.24, 2.45) is 7.05 Å². The third-order valence-corrected chi connectivity index (χ3v) is 5.62. The highest BCUT2D eigenvalue weighted by Crippen LogP contribution is 2.35. The van der Waals surface area contributed by atoms with Crippen LogP contribution in [0.4, 0.5) is 0 Å². The lowest BCUT2D eigenvalue weighted by Crippen LogP contribution is -2.36. The van der Waals surface area contributed by atoms with E-state index in [1.54, 1.807) is 0 Å². The molecule has 0 fully saturated rings. The van der Waals surface area contributed by atoms with Gasteiger partial charge < -0.3 is 9.88 Å². The molecule has 0 spiro atoms. The predicted octanol–water partition coefficient (Wildman–Crippen LogP) is 3.75. The van der Waals surface area contributed by atoms with E-state index in [9.17, 15) is 0 Å². The lowest BCUT2D eigenvalue weighted by atomic mass is 10.0. The van der Waals surface area contributed by atoms with Crippen molar-refractivity contribution in [1.29, 1.82) is 0 Å². The molecular weight excluding hydrogens is 282 g/mol. The van der Waals surface area contributed by atoms with Gasteiger partial charge in [-0.3, -0.25) is 4.90 Å². The summed E-state index contributed by atoms with van der Waals surface area (Å²) in [6.45, 7) is 13.6. The highest BCUT2D eigenvalue weighted by molar-refractivity contribution is 5.87. The van der Waals surface area contributed by atoms with Gasteiger partial charge in [-0.15, -0.1) is 0 Å². The quantitative estimate of drug-likeness (QED) is 0.931. The van der Waals surface area contributed by atoms with Gasteiger partial charge in [-0.1, -0.05) is 0 Å². The molecule has 1 aliphatic heterocycles. The van der Waals surface area contributed by atoms with E-state index in [-0.39, 0.29) is 5.54 Å². The maximum Gasteiger partial charge on any atom is 0.0486 e.